The summed E-state index contributed by atoms with van der Waals surface area (Å²) in [6.07, 6.45) is -0.0141. The fraction of sp³-hybridized carbons (Fsp3) is 0.364. The van der Waals surface area contributed by atoms with Crippen LogP contribution in [0.5, 0.6) is 5.75 Å². The van der Waals surface area contributed by atoms with Gasteiger partial charge in [0.05, 0.1) is 29.7 Å². The largest absolute Gasteiger partial charge is 0.491 e. The summed E-state index contributed by atoms with van der Waals surface area (Å²) in [5, 5.41) is 10.4. The van der Waals surface area contributed by atoms with E-state index in [0.29, 0.717) is 24.5 Å². The van der Waals surface area contributed by atoms with Gasteiger partial charge in [-0.3, -0.25) is 9.13 Å². The predicted molar refractivity (Wildman–Crippen MR) is 110 cm³/mol. The Hall–Kier alpha value is -3.06. The van der Waals surface area contributed by atoms with E-state index in [1.54, 1.807) is 40.3 Å². The third-order valence-electron chi connectivity index (χ3n) is 4.57. The van der Waals surface area contributed by atoms with Crippen LogP contribution in [0.3, 0.4) is 0 Å². The van der Waals surface area contributed by atoms with Crippen LogP contribution in [0.1, 0.15) is 30.6 Å². The first-order valence-corrected chi connectivity index (χ1v) is 9.81. The Bertz CT molecular complexity index is 1020. The van der Waals surface area contributed by atoms with Crippen molar-refractivity contribution in [3.63, 3.8) is 0 Å². The number of rotatable bonds is 9. The van der Waals surface area contributed by atoms with Crippen molar-refractivity contribution in [2.24, 2.45) is 0 Å². The maximum absolute atomic E-state index is 12.8. The van der Waals surface area contributed by atoms with Crippen LogP contribution in [0.15, 0.2) is 53.3 Å². The summed E-state index contributed by atoms with van der Waals surface area (Å²) in [4.78, 5) is 24.4. The smallest absolute Gasteiger partial charge is 0.338 e. The zero-order chi connectivity index (χ0) is 20.8. The average molecular weight is 398 g/mol. The Labute approximate surface area is 169 Å². The third-order valence-corrected chi connectivity index (χ3v) is 4.57. The number of benzene rings is 2. The van der Waals surface area contributed by atoms with Gasteiger partial charge in [0.1, 0.15) is 18.5 Å². The first-order valence-electron chi connectivity index (χ1n) is 9.81. The number of aliphatic hydroxyl groups is 1. The molecule has 0 fully saturated rings. The molecule has 0 amide bonds. The molecule has 7 heteroatoms. The number of carbonyl (C=O) groups excluding carboxylic acids is 1. The van der Waals surface area contributed by atoms with Gasteiger partial charge >= 0.3 is 11.7 Å². The van der Waals surface area contributed by atoms with Gasteiger partial charge in [0.15, 0.2) is 0 Å². The van der Waals surface area contributed by atoms with Crippen molar-refractivity contribution < 1.29 is 19.4 Å². The van der Waals surface area contributed by atoms with Crippen molar-refractivity contribution in [1.29, 1.82) is 0 Å². The first kappa shape index (κ1) is 20.7. The second-order valence-electron chi connectivity index (χ2n) is 6.74. The van der Waals surface area contributed by atoms with E-state index in [9.17, 15) is 14.7 Å². The Balaban J connectivity index is 1.67. The van der Waals surface area contributed by atoms with E-state index in [1.807, 2.05) is 31.2 Å². The molecule has 3 rings (SSSR count). The zero-order valence-corrected chi connectivity index (χ0v) is 16.7. The molecule has 1 N–H and O–H groups in total. The minimum Gasteiger partial charge on any atom is -0.491 e. The number of aryl methyl sites for hydroxylation is 1. The number of imidazole rings is 1. The van der Waals surface area contributed by atoms with E-state index in [0.717, 1.165) is 17.5 Å². The molecule has 1 atom stereocenters. The van der Waals surface area contributed by atoms with E-state index in [2.05, 4.69) is 0 Å². The van der Waals surface area contributed by atoms with Crippen LogP contribution in [0.25, 0.3) is 11.0 Å². The molecule has 0 aliphatic rings. The number of ether oxygens (including phenoxy) is 2. The molecule has 0 bridgehead atoms. The summed E-state index contributed by atoms with van der Waals surface area (Å²) in [6.45, 7) is 4.88. The molecule has 0 spiro atoms. The third kappa shape index (κ3) is 4.68. The van der Waals surface area contributed by atoms with Crippen molar-refractivity contribution in [2.45, 2.75) is 39.5 Å². The summed E-state index contributed by atoms with van der Waals surface area (Å²) in [5.74, 6) is 0.139. The molecule has 154 valence electrons. The van der Waals surface area contributed by atoms with E-state index in [4.69, 9.17) is 9.47 Å². The molecule has 0 radical (unpaired) electrons. The Morgan fingerprint density at radius 3 is 2.31 bits per heavy atom. The summed E-state index contributed by atoms with van der Waals surface area (Å²) >= 11 is 0. The number of hydrogen-bond acceptors (Lipinski definition) is 5. The normalized spacial score (nSPS) is 12.1. The molecule has 2 aromatic carbocycles. The Kier molecular flexibility index (Phi) is 6.72. The van der Waals surface area contributed by atoms with Crippen LogP contribution >= 0.6 is 0 Å². The van der Waals surface area contributed by atoms with Crippen molar-refractivity contribution >= 4 is 17.0 Å². The lowest BCUT2D eigenvalue weighted by Gasteiger charge is -2.13. The molecule has 1 aromatic heterocycles. The molecule has 1 heterocycles. The van der Waals surface area contributed by atoms with E-state index in [1.165, 1.54) is 0 Å². The van der Waals surface area contributed by atoms with Gasteiger partial charge in [-0.15, -0.1) is 0 Å². The topological polar surface area (TPSA) is 82.7 Å². The summed E-state index contributed by atoms with van der Waals surface area (Å²) in [6, 6.07) is 14.1. The fourth-order valence-electron chi connectivity index (χ4n) is 3.25. The van der Waals surface area contributed by atoms with Crippen molar-refractivity contribution in [3.8, 4) is 5.75 Å². The number of carbonyl (C=O) groups is 1. The van der Waals surface area contributed by atoms with Gasteiger partial charge in [-0.25, -0.2) is 9.59 Å². The summed E-state index contributed by atoms with van der Waals surface area (Å²) < 4.78 is 13.9. The molecule has 0 saturated carbocycles. The quantitative estimate of drug-likeness (QED) is 0.561. The number of para-hydroxylation sites is 2. The van der Waals surface area contributed by atoms with Gasteiger partial charge in [0.25, 0.3) is 0 Å². The minimum atomic E-state index is -0.863. The minimum absolute atomic E-state index is 0.0263. The lowest BCUT2D eigenvalue weighted by molar-refractivity contribution is 0.0526. The second-order valence-corrected chi connectivity index (χ2v) is 6.74. The van der Waals surface area contributed by atoms with Gasteiger partial charge in [0, 0.05) is 6.54 Å². The van der Waals surface area contributed by atoms with Gasteiger partial charge < -0.3 is 14.6 Å². The molecule has 0 aliphatic heterocycles. The lowest BCUT2D eigenvalue weighted by atomic mass is 10.2. The van der Waals surface area contributed by atoms with Crippen molar-refractivity contribution in [3.05, 3.63) is 64.6 Å². The van der Waals surface area contributed by atoms with Crippen LogP contribution in [-0.4, -0.2) is 39.5 Å². The maximum Gasteiger partial charge on any atom is 0.338 e. The number of nitrogens with zero attached hydrogens (tertiary/aromatic N) is 2. The number of hydrogen-bond donors (Lipinski definition) is 1. The van der Waals surface area contributed by atoms with Crippen LogP contribution in [-0.2, 0) is 17.8 Å². The van der Waals surface area contributed by atoms with Gasteiger partial charge in [-0.05, 0) is 49.7 Å². The summed E-state index contributed by atoms with van der Waals surface area (Å²) in [5.41, 5.74) is 1.96. The molecule has 0 aliphatic carbocycles. The lowest BCUT2D eigenvalue weighted by Crippen LogP contribution is -2.31. The van der Waals surface area contributed by atoms with Crippen LogP contribution in [0, 0.1) is 0 Å². The van der Waals surface area contributed by atoms with Crippen LogP contribution in [0.2, 0.25) is 0 Å². The second kappa shape index (κ2) is 9.43. The Morgan fingerprint density at radius 1 is 1.03 bits per heavy atom. The molecular formula is C22H26N2O5. The first-order chi connectivity index (χ1) is 14.0. The zero-order valence-electron chi connectivity index (χ0n) is 16.7. The van der Waals surface area contributed by atoms with Gasteiger partial charge in [-0.2, -0.15) is 0 Å². The number of aliphatic hydroxyl groups excluding tert-OH is 1. The van der Waals surface area contributed by atoms with Crippen LogP contribution < -0.4 is 10.4 Å². The van der Waals surface area contributed by atoms with E-state index < -0.39 is 6.10 Å². The van der Waals surface area contributed by atoms with Gasteiger partial charge in [0.2, 0.25) is 0 Å². The predicted octanol–water partition coefficient (Wildman–Crippen LogP) is 2.83. The van der Waals surface area contributed by atoms with Crippen molar-refractivity contribution in [1.82, 2.24) is 9.13 Å². The number of esters is 1. The van der Waals surface area contributed by atoms with Gasteiger partial charge in [-0.1, -0.05) is 19.1 Å². The average Bonchev–Trinajstić information content (AvgIpc) is 2.99. The highest BCUT2D eigenvalue weighted by molar-refractivity contribution is 5.89. The molecule has 29 heavy (non-hydrogen) atoms. The fourth-order valence-corrected chi connectivity index (χ4v) is 3.25. The number of aromatic nitrogens is 2. The molecule has 7 nitrogen and oxygen atoms in total. The molecule has 0 saturated heterocycles. The maximum atomic E-state index is 12.8. The SMILES string of the molecule is CCCn1c(=O)n(CC(O)COc2ccc(C(=O)OCC)cc2)c2ccccc21. The monoisotopic (exact) mass is 398 g/mol. The molecule has 3 aromatic rings. The molecule has 1 unspecified atom stereocenters. The van der Waals surface area contributed by atoms with E-state index >= 15 is 0 Å². The highest BCUT2D eigenvalue weighted by Gasteiger charge is 2.16. The molecular weight excluding hydrogens is 372 g/mol. The van der Waals surface area contributed by atoms with E-state index in [-0.39, 0.29) is 24.8 Å². The Morgan fingerprint density at radius 2 is 1.69 bits per heavy atom. The van der Waals surface area contributed by atoms with Crippen LogP contribution in [0.4, 0.5) is 0 Å². The summed E-state index contributed by atoms with van der Waals surface area (Å²) in [7, 11) is 0. The highest BCUT2D eigenvalue weighted by atomic mass is 16.5. The highest BCUT2D eigenvalue weighted by Crippen LogP contribution is 2.16. The van der Waals surface area contributed by atoms with Crippen molar-refractivity contribution in [2.75, 3.05) is 13.2 Å². The standard InChI is InChI=1S/C22H26N2O5/c1-3-13-23-19-7-5-6-8-20(19)24(22(23)27)14-17(25)15-29-18-11-9-16(10-12-18)21(26)28-4-2/h5-12,17,25H,3-4,13-15H2,1-2H3. The number of fused-ring (bicyclic) bond motifs is 1.